The second-order valence-corrected chi connectivity index (χ2v) is 2.62. The number of hydrogen-bond donors (Lipinski definition) is 0. The fourth-order valence-electron chi connectivity index (χ4n) is 0.436. The third kappa shape index (κ3) is 1.53. The monoisotopic (exact) mass is 116 g/mol. The van der Waals surface area contributed by atoms with Gasteiger partial charge in [-0.1, -0.05) is 6.08 Å². The van der Waals surface area contributed by atoms with Gasteiger partial charge in [-0.2, -0.15) is 0 Å². The van der Waals surface area contributed by atoms with E-state index in [4.69, 9.17) is 4.74 Å². The minimum absolute atomic E-state index is 0.366. The summed E-state index contributed by atoms with van der Waals surface area (Å²) in [6.45, 7) is 2.84. The SMILES string of the molecule is CC1OCC=CS1. The summed E-state index contributed by atoms with van der Waals surface area (Å²) in [6.07, 6.45) is 2.02. The van der Waals surface area contributed by atoms with Gasteiger partial charge in [0.2, 0.25) is 0 Å². The molecule has 1 heterocycles. The standard InChI is InChI=1S/C5H8OS/c1-5-6-3-2-4-7-5/h2,4-5H,3H2,1H3. The molecule has 0 fully saturated rings. The molecule has 40 valence electrons. The first-order valence-corrected chi connectivity index (χ1v) is 3.26. The molecular formula is C5H8OS. The van der Waals surface area contributed by atoms with Crippen LogP contribution in [0.25, 0.3) is 0 Å². The molecule has 0 radical (unpaired) electrons. The Morgan fingerprint density at radius 1 is 1.86 bits per heavy atom. The van der Waals surface area contributed by atoms with Crippen LogP contribution in [-0.2, 0) is 4.74 Å². The van der Waals surface area contributed by atoms with Crippen molar-refractivity contribution in [3.05, 3.63) is 11.5 Å². The van der Waals surface area contributed by atoms with Crippen molar-refractivity contribution < 1.29 is 4.74 Å². The zero-order chi connectivity index (χ0) is 5.11. The topological polar surface area (TPSA) is 9.23 Å². The summed E-state index contributed by atoms with van der Waals surface area (Å²) in [4.78, 5) is 0. The smallest absolute Gasteiger partial charge is 0.104 e. The first-order valence-electron chi connectivity index (χ1n) is 2.31. The molecule has 0 amide bonds. The number of hydrogen-bond acceptors (Lipinski definition) is 2. The Balaban J connectivity index is 2.32. The van der Waals surface area contributed by atoms with E-state index in [0.717, 1.165) is 6.61 Å². The van der Waals surface area contributed by atoms with Gasteiger partial charge in [0.25, 0.3) is 0 Å². The molecule has 1 aliphatic rings. The van der Waals surface area contributed by atoms with Gasteiger partial charge in [0.1, 0.15) is 5.44 Å². The molecule has 1 atom stereocenters. The molecule has 1 rings (SSSR count). The summed E-state index contributed by atoms with van der Waals surface area (Å²) >= 11 is 1.72. The van der Waals surface area contributed by atoms with Gasteiger partial charge in [-0.05, 0) is 12.3 Å². The van der Waals surface area contributed by atoms with Crippen LogP contribution < -0.4 is 0 Å². The number of rotatable bonds is 0. The van der Waals surface area contributed by atoms with Crippen molar-refractivity contribution in [3.63, 3.8) is 0 Å². The summed E-state index contributed by atoms with van der Waals surface area (Å²) < 4.78 is 5.15. The Labute approximate surface area is 47.7 Å². The molecule has 0 aromatic heterocycles. The second kappa shape index (κ2) is 2.38. The van der Waals surface area contributed by atoms with E-state index in [1.54, 1.807) is 11.8 Å². The van der Waals surface area contributed by atoms with Crippen molar-refractivity contribution in [2.45, 2.75) is 12.4 Å². The second-order valence-electron chi connectivity index (χ2n) is 1.41. The lowest BCUT2D eigenvalue weighted by Gasteiger charge is -2.11. The van der Waals surface area contributed by atoms with Gasteiger partial charge in [0.05, 0.1) is 6.61 Å². The molecule has 1 aliphatic heterocycles. The maximum absolute atomic E-state index is 5.15. The zero-order valence-corrected chi connectivity index (χ0v) is 5.07. The molecule has 0 N–H and O–H groups in total. The Kier molecular flexibility index (Phi) is 1.77. The maximum Gasteiger partial charge on any atom is 0.104 e. The van der Waals surface area contributed by atoms with Gasteiger partial charge in [-0.3, -0.25) is 0 Å². The normalized spacial score (nSPS) is 30.7. The van der Waals surface area contributed by atoms with E-state index >= 15 is 0 Å². The molecule has 2 heteroatoms. The van der Waals surface area contributed by atoms with E-state index in [2.05, 4.69) is 5.41 Å². The fraction of sp³-hybridized carbons (Fsp3) is 0.600. The molecule has 0 aromatic rings. The first kappa shape index (κ1) is 5.19. The Bertz CT molecular complexity index is 80.1. The number of ether oxygens (including phenoxy) is 1. The van der Waals surface area contributed by atoms with Crippen molar-refractivity contribution >= 4 is 11.8 Å². The highest BCUT2D eigenvalue weighted by atomic mass is 32.2. The van der Waals surface area contributed by atoms with Crippen molar-refractivity contribution in [2.75, 3.05) is 6.61 Å². The van der Waals surface area contributed by atoms with E-state index in [1.807, 2.05) is 13.0 Å². The largest absolute Gasteiger partial charge is 0.363 e. The predicted octanol–water partition coefficient (Wildman–Crippen LogP) is 1.61. The van der Waals surface area contributed by atoms with E-state index in [-0.39, 0.29) is 0 Å². The average molecular weight is 116 g/mol. The van der Waals surface area contributed by atoms with Crippen molar-refractivity contribution in [1.29, 1.82) is 0 Å². The van der Waals surface area contributed by atoms with E-state index < -0.39 is 0 Å². The summed E-state index contributed by atoms with van der Waals surface area (Å²) in [5, 5.41) is 2.08. The van der Waals surface area contributed by atoms with Crippen molar-refractivity contribution in [2.24, 2.45) is 0 Å². The van der Waals surface area contributed by atoms with Gasteiger partial charge in [0, 0.05) is 0 Å². The zero-order valence-electron chi connectivity index (χ0n) is 4.26. The molecule has 0 saturated carbocycles. The summed E-state index contributed by atoms with van der Waals surface area (Å²) in [5.41, 5.74) is 0.366. The molecule has 0 saturated heterocycles. The van der Waals surface area contributed by atoms with Crippen molar-refractivity contribution in [3.8, 4) is 0 Å². The summed E-state index contributed by atoms with van der Waals surface area (Å²) in [5.74, 6) is 0. The van der Waals surface area contributed by atoms with Gasteiger partial charge >= 0.3 is 0 Å². The van der Waals surface area contributed by atoms with E-state index in [9.17, 15) is 0 Å². The summed E-state index contributed by atoms with van der Waals surface area (Å²) in [6, 6.07) is 0. The molecule has 0 aliphatic carbocycles. The molecule has 0 spiro atoms. The van der Waals surface area contributed by atoms with Crippen LogP contribution in [-0.4, -0.2) is 12.0 Å². The molecule has 0 aromatic carbocycles. The highest BCUT2D eigenvalue weighted by molar-refractivity contribution is 8.02. The van der Waals surface area contributed by atoms with Crippen LogP contribution >= 0.6 is 11.8 Å². The molecular weight excluding hydrogens is 108 g/mol. The van der Waals surface area contributed by atoms with Gasteiger partial charge in [-0.25, -0.2) is 0 Å². The lowest BCUT2D eigenvalue weighted by molar-refractivity contribution is 0.150. The molecule has 0 bridgehead atoms. The minimum Gasteiger partial charge on any atom is -0.363 e. The average Bonchev–Trinajstić information content (AvgIpc) is 1.69. The van der Waals surface area contributed by atoms with Crippen LogP contribution in [0.3, 0.4) is 0 Å². The third-order valence-electron chi connectivity index (χ3n) is 0.794. The van der Waals surface area contributed by atoms with Crippen LogP contribution in [0.5, 0.6) is 0 Å². The minimum atomic E-state index is 0.366. The van der Waals surface area contributed by atoms with E-state index in [0.29, 0.717) is 5.44 Å². The van der Waals surface area contributed by atoms with E-state index in [1.165, 1.54) is 0 Å². The Morgan fingerprint density at radius 3 is 3.00 bits per heavy atom. The lowest BCUT2D eigenvalue weighted by atomic mass is 10.7. The Hall–Kier alpha value is 0.0500. The number of thioether (sulfide) groups is 1. The maximum atomic E-state index is 5.15. The molecule has 7 heavy (non-hydrogen) atoms. The van der Waals surface area contributed by atoms with Crippen LogP contribution in [0, 0.1) is 0 Å². The van der Waals surface area contributed by atoms with Gasteiger partial charge in [-0.15, -0.1) is 11.8 Å². The molecule has 1 unspecified atom stereocenters. The van der Waals surface area contributed by atoms with Crippen molar-refractivity contribution in [1.82, 2.24) is 0 Å². The Morgan fingerprint density at radius 2 is 2.71 bits per heavy atom. The lowest BCUT2D eigenvalue weighted by Crippen LogP contribution is -2.04. The molecule has 1 nitrogen and oxygen atoms in total. The van der Waals surface area contributed by atoms with Crippen LogP contribution in [0.2, 0.25) is 0 Å². The highest BCUT2D eigenvalue weighted by Crippen LogP contribution is 2.16. The first-order chi connectivity index (χ1) is 3.39. The van der Waals surface area contributed by atoms with Crippen LogP contribution in [0.1, 0.15) is 6.92 Å². The fourth-order valence-corrected chi connectivity index (χ4v) is 1.00. The predicted molar refractivity (Wildman–Crippen MR) is 32.1 cm³/mol. The highest BCUT2D eigenvalue weighted by Gasteiger charge is 2.00. The summed E-state index contributed by atoms with van der Waals surface area (Å²) in [7, 11) is 0. The quantitative estimate of drug-likeness (QED) is 0.475. The van der Waals surface area contributed by atoms with Crippen LogP contribution in [0.15, 0.2) is 11.5 Å². The van der Waals surface area contributed by atoms with Crippen LogP contribution in [0.4, 0.5) is 0 Å². The van der Waals surface area contributed by atoms with Gasteiger partial charge < -0.3 is 4.74 Å². The third-order valence-corrected chi connectivity index (χ3v) is 1.66. The van der Waals surface area contributed by atoms with Gasteiger partial charge in [0.15, 0.2) is 0 Å².